The van der Waals surface area contributed by atoms with Crippen LogP contribution in [0.1, 0.15) is 36.5 Å². The van der Waals surface area contributed by atoms with Crippen molar-refractivity contribution in [2.24, 2.45) is 0 Å². The van der Waals surface area contributed by atoms with Crippen molar-refractivity contribution in [3.63, 3.8) is 0 Å². The monoisotopic (exact) mass is 413 g/mol. The maximum atomic E-state index is 12.7. The average Bonchev–Trinajstić information content (AvgIpc) is 3.09. The van der Waals surface area contributed by atoms with E-state index in [1.54, 1.807) is 0 Å². The van der Waals surface area contributed by atoms with E-state index in [1.807, 2.05) is 11.8 Å². The summed E-state index contributed by atoms with van der Waals surface area (Å²) in [6.45, 7) is 8.68. The third-order valence-electron chi connectivity index (χ3n) is 7.08. The van der Waals surface area contributed by atoms with Crippen molar-refractivity contribution in [3.8, 4) is 0 Å². The van der Waals surface area contributed by atoms with Crippen LogP contribution in [0.4, 0.5) is 10.5 Å². The first-order valence-electron chi connectivity index (χ1n) is 11.4. The van der Waals surface area contributed by atoms with Crippen molar-refractivity contribution < 1.29 is 4.79 Å². The van der Waals surface area contributed by atoms with Crippen LogP contribution in [0, 0.1) is 6.92 Å². The zero-order valence-corrected chi connectivity index (χ0v) is 18.5. The number of piperidine rings is 1. The predicted molar refractivity (Wildman–Crippen MR) is 128 cm³/mol. The molecule has 0 bridgehead atoms. The van der Waals surface area contributed by atoms with Gasteiger partial charge in [-0.2, -0.15) is 0 Å². The number of rotatable bonds is 3. The Morgan fingerprint density at radius 3 is 2.55 bits per heavy atom. The highest BCUT2D eigenvalue weighted by atomic mass is 16.2. The summed E-state index contributed by atoms with van der Waals surface area (Å²) in [4.78, 5) is 17.3. The van der Waals surface area contributed by atoms with E-state index in [1.165, 1.54) is 27.5 Å². The largest absolute Gasteiger partial charge is 0.338 e. The molecule has 0 radical (unpaired) electrons. The molecule has 31 heavy (non-hydrogen) atoms. The van der Waals surface area contributed by atoms with Gasteiger partial charge >= 0.3 is 6.03 Å². The third-order valence-corrected chi connectivity index (χ3v) is 7.08. The average molecular weight is 414 g/mol. The van der Waals surface area contributed by atoms with Gasteiger partial charge in [0, 0.05) is 30.7 Å². The van der Waals surface area contributed by atoms with Crippen molar-refractivity contribution in [3.05, 3.63) is 77.4 Å². The molecular weight excluding hydrogens is 382 g/mol. The topological polar surface area (TPSA) is 35.6 Å². The second-order valence-electron chi connectivity index (χ2n) is 9.18. The Balaban J connectivity index is 1.34. The normalized spacial score (nSPS) is 17.8. The van der Waals surface area contributed by atoms with E-state index >= 15 is 0 Å². The van der Waals surface area contributed by atoms with Crippen LogP contribution < -0.4 is 10.2 Å². The molecule has 4 nitrogen and oxygen atoms in total. The quantitative estimate of drug-likeness (QED) is 0.638. The summed E-state index contributed by atoms with van der Waals surface area (Å²) in [6.07, 6.45) is 2.18. The van der Waals surface area contributed by atoms with Crippen LogP contribution in [0.25, 0.3) is 10.8 Å². The number of urea groups is 1. The van der Waals surface area contributed by atoms with Gasteiger partial charge in [0.1, 0.15) is 0 Å². The highest BCUT2D eigenvalue weighted by Gasteiger charge is 2.46. The molecule has 4 heteroatoms. The summed E-state index contributed by atoms with van der Waals surface area (Å²) in [5.41, 5.74) is 5.19. The van der Waals surface area contributed by atoms with Crippen LogP contribution >= 0.6 is 0 Å². The third kappa shape index (κ3) is 3.70. The molecule has 5 rings (SSSR count). The van der Waals surface area contributed by atoms with Gasteiger partial charge in [0.05, 0.1) is 0 Å². The smallest absolute Gasteiger partial charge is 0.321 e. The van der Waals surface area contributed by atoms with Gasteiger partial charge in [-0.25, -0.2) is 4.79 Å². The zero-order chi connectivity index (χ0) is 21.4. The number of hydrogen-bond acceptors (Lipinski definition) is 2. The van der Waals surface area contributed by atoms with Gasteiger partial charge in [-0.15, -0.1) is 0 Å². The molecule has 2 amide bonds. The van der Waals surface area contributed by atoms with Gasteiger partial charge in [-0.05, 0) is 73.8 Å². The first kappa shape index (κ1) is 20.1. The van der Waals surface area contributed by atoms with E-state index in [0.717, 1.165) is 44.7 Å². The van der Waals surface area contributed by atoms with Gasteiger partial charge in [-0.3, -0.25) is 9.80 Å². The Bertz CT molecular complexity index is 1110. The summed E-state index contributed by atoms with van der Waals surface area (Å²) in [5, 5.41) is 5.61. The molecule has 0 atom stereocenters. The molecule has 3 aromatic rings. The Kier molecular flexibility index (Phi) is 5.19. The molecule has 0 saturated carbocycles. The number of benzene rings is 3. The summed E-state index contributed by atoms with van der Waals surface area (Å²) in [6, 6.07) is 22.0. The highest BCUT2D eigenvalue weighted by Crippen LogP contribution is 2.47. The molecule has 1 fully saturated rings. The summed E-state index contributed by atoms with van der Waals surface area (Å²) in [5.74, 6) is 0. The van der Waals surface area contributed by atoms with Crippen molar-refractivity contribution in [2.75, 3.05) is 31.1 Å². The minimum atomic E-state index is 0.0306. The second-order valence-corrected chi connectivity index (χ2v) is 9.18. The number of nitrogens with zero attached hydrogens (tertiary/aromatic N) is 2. The Hall–Kier alpha value is -2.85. The Morgan fingerprint density at radius 1 is 1.00 bits per heavy atom. The van der Waals surface area contributed by atoms with E-state index in [0.29, 0.717) is 6.54 Å². The lowest BCUT2D eigenvalue weighted by molar-refractivity contribution is 0.159. The number of amides is 2. The molecule has 0 unspecified atom stereocenters. The van der Waals surface area contributed by atoms with Crippen LogP contribution in [-0.4, -0.2) is 37.1 Å². The molecule has 1 spiro atoms. The summed E-state index contributed by atoms with van der Waals surface area (Å²) < 4.78 is 0. The Morgan fingerprint density at radius 2 is 1.77 bits per heavy atom. The van der Waals surface area contributed by atoms with Gasteiger partial charge in [-0.1, -0.05) is 54.1 Å². The number of anilines is 1. The minimum absolute atomic E-state index is 0.0306. The second kappa shape index (κ2) is 8.01. The molecule has 3 aromatic carbocycles. The molecular formula is C27H31N3O. The Labute approximate surface area is 184 Å². The number of likely N-dealkylation sites (tertiary alicyclic amines) is 1. The van der Waals surface area contributed by atoms with Crippen LogP contribution in [0.15, 0.2) is 60.7 Å². The van der Waals surface area contributed by atoms with E-state index in [4.69, 9.17) is 0 Å². The fourth-order valence-electron chi connectivity index (χ4n) is 5.37. The number of nitrogens with one attached hydrogen (secondary N) is 1. The standard InChI is InChI=1S/C27H31N3O/c1-3-28-26(31)30-19-27(24-16-20(2)8-11-25(24)30)12-14-29(15-13-27)18-21-9-10-22-6-4-5-7-23(22)17-21/h4-11,16-17H,3,12-15,18-19H2,1-2H3,(H,28,31). The SMILES string of the molecule is CCNC(=O)N1CC2(CCN(Cc3ccc4ccccc4c3)CC2)c2cc(C)ccc21. The van der Waals surface area contributed by atoms with E-state index in [-0.39, 0.29) is 11.4 Å². The number of hydrogen-bond donors (Lipinski definition) is 1. The first-order valence-corrected chi connectivity index (χ1v) is 11.4. The van der Waals surface area contributed by atoms with Gasteiger partial charge in [0.25, 0.3) is 0 Å². The molecule has 1 saturated heterocycles. The molecule has 0 aliphatic carbocycles. The van der Waals surface area contributed by atoms with Crippen molar-refractivity contribution in [1.29, 1.82) is 0 Å². The predicted octanol–water partition coefficient (Wildman–Crippen LogP) is 5.23. The lowest BCUT2D eigenvalue weighted by Crippen LogP contribution is -2.47. The number of aryl methyl sites for hydroxylation is 1. The maximum Gasteiger partial charge on any atom is 0.321 e. The van der Waals surface area contributed by atoms with Crippen molar-refractivity contribution in [2.45, 2.75) is 38.6 Å². The van der Waals surface area contributed by atoms with Crippen LogP contribution in [0.3, 0.4) is 0 Å². The molecule has 2 heterocycles. The van der Waals surface area contributed by atoms with Crippen LogP contribution in [0.2, 0.25) is 0 Å². The summed E-state index contributed by atoms with van der Waals surface area (Å²) in [7, 11) is 0. The molecule has 2 aliphatic rings. The minimum Gasteiger partial charge on any atom is -0.338 e. The molecule has 1 N–H and O–H groups in total. The molecule has 2 aliphatic heterocycles. The number of carbonyl (C=O) groups excluding carboxylic acids is 1. The van der Waals surface area contributed by atoms with E-state index in [9.17, 15) is 4.79 Å². The lowest BCUT2D eigenvalue weighted by Gasteiger charge is -2.40. The van der Waals surface area contributed by atoms with Gasteiger partial charge < -0.3 is 5.32 Å². The lowest BCUT2D eigenvalue weighted by atomic mass is 9.74. The van der Waals surface area contributed by atoms with Crippen LogP contribution in [-0.2, 0) is 12.0 Å². The van der Waals surface area contributed by atoms with Crippen molar-refractivity contribution in [1.82, 2.24) is 10.2 Å². The van der Waals surface area contributed by atoms with E-state index < -0.39 is 0 Å². The van der Waals surface area contributed by atoms with Gasteiger partial charge in [0.2, 0.25) is 0 Å². The zero-order valence-electron chi connectivity index (χ0n) is 18.5. The summed E-state index contributed by atoms with van der Waals surface area (Å²) >= 11 is 0. The fourth-order valence-corrected chi connectivity index (χ4v) is 5.37. The number of fused-ring (bicyclic) bond motifs is 3. The van der Waals surface area contributed by atoms with Gasteiger partial charge in [0.15, 0.2) is 0 Å². The van der Waals surface area contributed by atoms with Crippen molar-refractivity contribution >= 4 is 22.5 Å². The maximum absolute atomic E-state index is 12.7. The molecule has 0 aromatic heterocycles. The highest BCUT2D eigenvalue weighted by molar-refractivity contribution is 5.95. The molecule has 160 valence electrons. The first-order chi connectivity index (χ1) is 15.1. The number of carbonyl (C=O) groups is 1. The van der Waals surface area contributed by atoms with Crippen LogP contribution in [0.5, 0.6) is 0 Å². The fraction of sp³-hybridized carbons (Fsp3) is 0.370. The van der Waals surface area contributed by atoms with E-state index in [2.05, 4.69) is 77.8 Å².